The van der Waals surface area contributed by atoms with Crippen LogP contribution in [0.1, 0.15) is 26.5 Å². The molecule has 0 aliphatic heterocycles. The molecular weight excluding hydrogens is 262 g/mol. The molecule has 0 fully saturated rings. The van der Waals surface area contributed by atoms with E-state index in [2.05, 4.69) is 59.0 Å². The summed E-state index contributed by atoms with van der Waals surface area (Å²) in [6.07, 6.45) is 1.63. The molecule has 1 aromatic rings. The van der Waals surface area contributed by atoms with Gasteiger partial charge in [-0.25, -0.2) is 4.40 Å². The minimum atomic E-state index is 0.804. The van der Waals surface area contributed by atoms with Crippen LogP contribution in [0.15, 0.2) is 15.1 Å². The van der Waals surface area contributed by atoms with Crippen LogP contribution in [0.25, 0.3) is 0 Å². The molecule has 1 heterocycles. The largest absolute Gasteiger partial charge is 0.266 e. The zero-order valence-electron chi connectivity index (χ0n) is 8.90. The van der Waals surface area contributed by atoms with Gasteiger partial charge in [-0.05, 0) is 40.7 Å². The van der Waals surface area contributed by atoms with Crippen molar-refractivity contribution < 1.29 is 0 Å². The summed E-state index contributed by atoms with van der Waals surface area (Å²) in [7, 11) is 1.84. The summed E-state index contributed by atoms with van der Waals surface area (Å²) in [5, 5.41) is 4.04. The van der Waals surface area contributed by atoms with E-state index in [9.17, 15) is 0 Å². The lowest BCUT2D eigenvalue weighted by molar-refractivity contribution is 0.737. The number of aromatic nitrogens is 2. The molecule has 0 atom stereocenters. The van der Waals surface area contributed by atoms with Crippen LogP contribution in [0.3, 0.4) is 0 Å². The summed E-state index contributed by atoms with van der Waals surface area (Å²) in [4.78, 5) is 0. The van der Waals surface area contributed by atoms with Crippen molar-refractivity contribution in [2.75, 3.05) is 0 Å². The third-order valence-corrected chi connectivity index (χ3v) is 1.58. The lowest BCUT2D eigenvalue weighted by atomic mass is 10.3. The molecule has 3 nitrogen and oxygen atoms in total. The molecule has 0 unspecified atom stereocenters. The minimum Gasteiger partial charge on any atom is -0.266 e. The number of hydrogen-bond acceptors (Lipinski definition) is 3. The first-order chi connectivity index (χ1) is 6.47. The molecule has 0 aliphatic rings. The van der Waals surface area contributed by atoms with Gasteiger partial charge < -0.3 is 0 Å². The molecule has 1 rings (SSSR count). The molecule has 14 heavy (non-hydrogen) atoms. The van der Waals surface area contributed by atoms with Gasteiger partial charge in [-0.2, -0.15) is 5.10 Å². The van der Waals surface area contributed by atoms with Gasteiger partial charge in [0, 0.05) is 7.05 Å². The number of nitrogens with zero attached hydrogens (tertiary/aromatic N) is 3. The normalized spacial score (nSPS) is 10.5. The smallest absolute Gasteiger partial charge is 0.128 e. The predicted octanol–water partition coefficient (Wildman–Crippen LogP) is 3.11. The summed E-state index contributed by atoms with van der Waals surface area (Å²) in [6, 6.07) is 1.86. The van der Waals surface area contributed by atoms with E-state index in [-0.39, 0.29) is 0 Å². The zero-order valence-corrected chi connectivity index (χ0v) is 11.4. The van der Waals surface area contributed by atoms with Crippen LogP contribution in [0.5, 0.6) is 0 Å². The van der Waals surface area contributed by atoms with Crippen molar-refractivity contribution in [3.63, 3.8) is 0 Å². The average Bonchev–Trinajstić information content (AvgIpc) is 2.30. The molecule has 0 spiro atoms. The van der Waals surface area contributed by atoms with E-state index < -0.39 is 0 Å². The molecule has 80 valence electrons. The van der Waals surface area contributed by atoms with Gasteiger partial charge in [0.05, 0.1) is 11.9 Å². The molecule has 0 saturated carbocycles. The van der Waals surface area contributed by atoms with E-state index in [4.69, 9.17) is 0 Å². The SMILES string of the molecule is CC(C)C.Cn1nc(Br)cc1/C=N/S. The first-order valence-corrected chi connectivity index (χ1v) is 5.53. The fraction of sp³-hybridized carbons (Fsp3) is 0.556. The second kappa shape index (κ2) is 7.06. The van der Waals surface area contributed by atoms with E-state index in [0.29, 0.717) is 0 Å². The lowest BCUT2D eigenvalue weighted by Crippen LogP contribution is -1.95. The van der Waals surface area contributed by atoms with Gasteiger partial charge in [-0.3, -0.25) is 4.68 Å². The molecule has 0 radical (unpaired) electrons. The molecule has 0 saturated heterocycles. The maximum absolute atomic E-state index is 4.04. The number of aryl methyl sites for hydroxylation is 1. The Morgan fingerprint density at radius 2 is 2.07 bits per heavy atom. The summed E-state index contributed by atoms with van der Waals surface area (Å²) in [6.45, 7) is 6.50. The summed E-state index contributed by atoms with van der Waals surface area (Å²) in [5.41, 5.74) is 0.918. The molecule has 1 aromatic heterocycles. The summed E-state index contributed by atoms with van der Waals surface area (Å²) >= 11 is 6.94. The molecular formula is C9H16BrN3S. The third-order valence-electron chi connectivity index (χ3n) is 1.08. The van der Waals surface area contributed by atoms with Gasteiger partial charge in [0.25, 0.3) is 0 Å². The Kier molecular flexibility index (Phi) is 6.92. The maximum Gasteiger partial charge on any atom is 0.128 e. The number of hydrogen-bond donors (Lipinski definition) is 1. The standard InChI is InChI=1S/C5H6BrN3S.C4H10/c1-9-4(3-7-10)2-5(6)8-9;1-4(2)3/h2-3,10H,1H3;4H,1-3H3/b7-3+;. The first kappa shape index (κ1) is 13.7. The molecule has 0 aliphatic carbocycles. The van der Waals surface area contributed by atoms with E-state index in [0.717, 1.165) is 16.2 Å². The Bertz CT molecular complexity index is 291. The highest BCUT2D eigenvalue weighted by atomic mass is 79.9. The number of halogens is 1. The van der Waals surface area contributed by atoms with Crippen molar-refractivity contribution in [3.05, 3.63) is 16.4 Å². The fourth-order valence-corrected chi connectivity index (χ4v) is 1.22. The Balaban J connectivity index is 0.000000364. The topological polar surface area (TPSA) is 30.2 Å². The Hall–Kier alpha value is -0.290. The fourth-order valence-electron chi connectivity index (χ4n) is 0.625. The van der Waals surface area contributed by atoms with E-state index in [1.54, 1.807) is 10.9 Å². The molecule has 0 bridgehead atoms. The quantitative estimate of drug-likeness (QED) is 0.621. The molecule has 0 amide bonds. The second-order valence-electron chi connectivity index (χ2n) is 3.49. The van der Waals surface area contributed by atoms with Crippen molar-refractivity contribution >= 4 is 35.0 Å². The maximum atomic E-state index is 4.04. The highest BCUT2D eigenvalue weighted by Crippen LogP contribution is 2.07. The van der Waals surface area contributed by atoms with E-state index in [1.165, 1.54) is 0 Å². The Morgan fingerprint density at radius 3 is 2.36 bits per heavy atom. The summed E-state index contributed by atoms with van der Waals surface area (Å²) in [5.74, 6) is 0.833. The van der Waals surface area contributed by atoms with Crippen LogP contribution in [0.4, 0.5) is 0 Å². The van der Waals surface area contributed by atoms with Crippen LogP contribution < -0.4 is 0 Å². The van der Waals surface area contributed by atoms with Gasteiger partial charge in [0.1, 0.15) is 4.60 Å². The number of thiol groups is 1. The summed E-state index contributed by atoms with van der Waals surface area (Å²) < 4.78 is 6.08. The van der Waals surface area contributed by atoms with E-state index >= 15 is 0 Å². The highest BCUT2D eigenvalue weighted by Gasteiger charge is 1.97. The van der Waals surface area contributed by atoms with Gasteiger partial charge in [0.15, 0.2) is 0 Å². The highest BCUT2D eigenvalue weighted by molar-refractivity contribution is 9.10. The van der Waals surface area contributed by atoms with Gasteiger partial charge >= 0.3 is 0 Å². The van der Waals surface area contributed by atoms with Gasteiger partial charge in [-0.15, -0.1) is 0 Å². The number of rotatable bonds is 1. The van der Waals surface area contributed by atoms with E-state index in [1.807, 2.05) is 13.1 Å². The third kappa shape index (κ3) is 6.21. The monoisotopic (exact) mass is 277 g/mol. The predicted molar refractivity (Wildman–Crippen MR) is 68.0 cm³/mol. The average molecular weight is 278 g/mol. The first-order valence-electron chi connectivity index (χ1n) is 4.34. The molecule has 0 N–H and O–H groups in total. The minimum absolute atomic E-state index is 0.804. The molecule has 0 aromatic carbocycles. The van der Waals surface area contributed by atoms with Crippen LogP contribution >= 0.6 is 28.7 Å². The Labute approximate surface area is 99.3 Å². The van der Waals surface area contributed by atoms with Crippen molar-refractivity contribution in [1.82, 2.24) is 9.78 Å². The Morgan fingerprint density at radius 1 is 1.57 bits per heavy atom. The van der Waals surface area contributed by atoms with Gasteiger partial charge in [-0.1, -0.05) is 20.8 Å². The van der Waals surface area contributed by atoms with Crippen molar-refractivity contribution in [1.29, 1.82) is 0 Å². The van der Waals surface area contributed by atoms with Crippen LogP contribution in [-0.4, -0.2) is 16.0 Å². The van der Waals surface area contributed by atoms with Gasteiger partial charge in [0.2, 0.25) is 0 Å². The van der Waals surface area contributed by atoms with Crippen LogP contribution in [0.2, 0.25) is 0 Å². The lowest BCUT2D eigenvalue weighted by Gasteiger charge is -1.89. The van der Waals surface area contributed by atoms with Crippen molar-refractivity contribution in [3.8, 4) is 0 Å². The second-order valence-corrected chi connectivity index (χ2v) is 4.54. The zero-order chi connectivity index (χ0) is 11.1. The van der Waals surface area contributed by atoms with Crippen molar-refractivity contribution in [2.24, 2.45) is 17.4 Å². The van der Waals surface area contributed by atoms with Crippen molar-refractivity contribution in [2.45, 2.75) is 20.8 Å². The van der Waals surface area contributed by atoms with Crippen LogP contribution in [0, 0.1) is 5.92 Å². The van der Waals surface area contributed by atoms with Crippen LogP contribution in [-0.2, 0) is 7.05 Å². The molecule has 5 heteroatoms.